The minimum Gasteiger partial charge on any atom is -0.302 e. The van der Waals surface area contributed by atoms with Gasteiger partial charge in [0.15, 0.2) is 0 Å². The highest BCUT2D eigenvalue weighted by Crippen LogP contribution is 2.12. The van der Waals surface area contributed by atoms with Gasteiger partial charge in [0.25, 0.3) is 0 Å². The molecule has 0 saturated carbocycles. The van der Waals surface area contributed by atoms with Gasteiger partial charge in [0, 0.05) is 0 Å². The standard InChI is InChI=1S/C6H10N2.C5H8N2/c1-8-4-2-3-6(8)5-7;6-4-5-2-1-3-7-5/h6H,2-4H2,1H3;5,7H,1-3H2/t6-;5-/m00/s1. The van der Waals surface area contributed by atoms with Crippen molar-refractivity contribution in [1.29, 1.82) is 10.5 Å². The zero-order valence-electron chi connectivity index (χ0n) is 9.24. The maximum atomic E-state index is 8.44. The number of nitriles is 2. The summed E-state index contributed by atoms with van der Waals surface area (Å²) in [4.78, 5) is 2.10. The summed E-state index contributed by atoms with van der Waals surface area (Å²) < 4.78 is 0. The quantitative estimate of drug-likeness (QED) is 0.638. The monoisotopic (exact) mass is 206 g/mol. The highest BCUT2D eigenvalue weighted by Gasteiger charge is 2.19. The lowest BCUT2D eigenvalue weighted by Crippen LogP contribution is -2.22. The van der Waals surface area contributed by atoms with E-state index < -0.39 is 0 Å². The molecule has 0 aromatic heterocycles. The molecule has 0 unspecified atom stereocenters. The second kappa shape index (κ2) is 6.40. The van der Waals surface area contributed by atoms with Gasteiger partial charge in [-0.2, -0.15) is 10.5 Å². The summed E-state index contributed by atoms with van der Waals surface area (Å²) in [6.07, 6.45) is 4.45. The number of rotatable bonds is 0. The molecule has 0 radical (unpaired) electrons. The predicted molar refractivity (Wildman–Crippen MR) is 57.9 cm³/mol. The Kier molecular flexibility index (Phi) is 5.10. The van der Waals surface area contributed by atoms with E-state index in [1.54, 1.807) is 0 Å². The molecule has 0 aromatic rings. The van der Waals surface area contributed by atoms with E-state index in [9.17, 15) is 0 Å². The van der Waals surface area contributed by atoms with E-state index in [2.05, 4.69) is 22.4 Å². The van der Waals surface area contributed by atoms with Gasteiger partial charge >= 0.3 is 0 Å². The number of likely N-dealkylation sites (tertiary alicyclic amines) is 1. The van der Waals surface area contributed by atoms with Crippen LogP contribution in [-0.2, 0) is 0 Å². The molecule has 2 aliphatic heterocycles. The van der Waals surface area contributed by atoms with E-state index in [4.69, 9.17) is 10.5 Å². The summed E-state index contributed by atoms with van der Waals surface area (Å²) in [6, 6.07) is 4.75. The molecule has 0 amide bonds. The smallest absolute Gasteiger partial charge is 0.0975 e. The van der Waals surface area contributed by atoms with Gasteiger partial charge in [-0.1, -0.05) is 0 Å². The maximum absolute atomic E-state index is 8.44. The van der Waals surface area contributed by atoms with Crippen LogP contribution < -0.4 is 5.32 Å². The summed E-state index contributed by atoms with van der Waals surface area (Å²) >= 11 is 0. The van der Waals surface area contributed by atoms with Gasteiger partial charge in [-0.05, 0) is 45.8 Å². The highest BCUT2D eigenvalue weighted by atomic mass is 15.1. The first kappa shape index (κ1) is 12.0. The van der Waals surface area contributed by atoms with Gasteiger partial charge < -0.3 is 5.32 Å². The lowest BCUT2D eigenvalue weighted by Gasteiger charge is -2.09. The molecule has 1 N–H and O–H groups in total. The van der Waals surface area contributed by atoms with Crippen LogP contribution in [0.3, 0.4) is 0 Å². The van der Waals surface area contributed by atoms with E-state index in [1.807, 2.05) is 7.05 Å². The molecule has 82 valence electrons. The Morgan fingerprint density at radius 1 is 1.20 bits per heavy atom. The fourth-order valence-corrected chi connectivity index (χ4v) is 1.87. The first-order chi connectivity index (χ1) is 7.27. The lowest BCUT2D eigenvalue weighted by atomic mass is 10.2. The molecule has 0 aromatic carbocycles. The molecule has 2 heterocycles. The summed E-state index contributed by atoms with van der Waals surface area (Å²) in [7, 11) is 2.00. The first-order valence-electron chi connectivity index (χ1n) is 5.50. The van der Waals surface area contributed by atoms with Crippen LogP contribution in [0.4, 0.5) is 0 Å². The molecule has 2 aliphatic rings. The van der Waals surface area contributed by atoms with Crippen molar-refractivity contribution < 1.29 is 0 Å². The zero-order chi connectivity index (χ0) is 11.1. The summed E-state index contributed by atoms with van der Waals surface area (Å²) in [5.74, 6) is 0. The average Bonchev–Trinajstić information content (AvgIpc) is 2.88. The Bertz CT molecular complexity index is 257. The van der Waals surface area contributed by atoms with Crippen LogP contribution in [0.1, 0.15) is 25.7 Å². The molecule has 4 heteroatoms. The van der Waals surface area contributed by atoms with Gasteiger partial charge in [0.05, 0.1) is 24.2 Å². The van der Waals surface area contributed by atoms with Crippen molar-refractivity contribution in [2.75, 3.05) is 20.1 Å². The summed E-state index contributed by atoms with van der Waals surface area (Å²) in [6.45, 7) is 2.12. The van der Waals surface area contributed by atoms with Gasteiger partial charge in [-0.3, -0.25) is 4.90 Å². The van der Waals surface area contributed by atoms with Gasteiger partial charge in [-0.25, -0.2) is 0 Å². The first-order valence-corrected chi connectivity index (χ1v) is 5.50. The van der Waals surface area contributed by atoms with Crippen molar-refractivity contribution in [3.63, 3.8) is 0 Å². The normalized spacial score (nSPS) is 30.1. The zero-order valence-corrected chi connectivity index (χ0v) is 9.24. The number of nitrogens with zero attached hydrogens (tertiary/aromatic N) is 3. The molecule has 15 heavy (non-hydrogen) atoms. The highest BCUT2D eigenvalue weighted by molar-refractivity contribution is 4.94. The second-order valence-corrected chi connectivity index (χ2v) is 4.05. The molecule has 2 saturated heterocycles. The van der Waals surface area contributed by atoms with E-state index >= 15 is 0 Å². The van der Waals surface area contributed by atoms with Crippen molar-refractivity contribution in [2.24, 2.45) is 0 Å². The third kappa shape index (κ3) is 3.87. The van der Waals surface area contributed by atoms with Gasteiger partial charge in [-0.15, -0.1) is 0 Å². The molecule has 2 atom stereocenters. The van der Waals surface area contributed by atoms with E-state index in [-0.39, 0.29) is 12.1 Å². The Morgan fingerprint density at radius 3 is 2.27 bits per heavy atom. The van der Waals surface area contributed by atoms with Crippen LogP contribution in [0.5, 0.6) is 0 Å². The molecule has 0 spiro atoms. The Labute approximate surface area is 91.5 Å². The average molecular weight is 206 g/mol. The summed E-state index contributed by atoms with van der Waals surface area (Å²) in [5, 5.41) is 19.7. The van der Waals surface area contributed by atoms with Crippen LogP contribution in [-0.4, -0.2) is 37.1 Å². The SMILES string of the molecule is CN1CCC[C@H]1C#N.N#C[C@@H]1CCCN1. The molecule has 2 fully saturated rings. The van der Waals surface area contributed by atoms with Crippen molar-refractivity contribution in [3.8, 4) is 12.1 Å². The molecular weight excluding hydrogens is 188 g/mol. The van der Waals surface area contributed by atoms with Crippen LogP contribution in [0, 0.1) is 22.7 Å². The van der Waals surface area contributed by atoms with E-state index in [0.29, 0.717) is 0 Å². The number of nitrogens with one attached hydrogen (secondary N) is 1. The number of hydrogen-bond donors (Lipinski definition) is 1. The minimum atomic E-state index is 0.153. The lowest BCUT2D eigenvalue weighted by molar-refractivity contribution is 0.363. The Hall–Kier alpha value is -1.10. The third-order valence-electron chi connectivity index (χ3n) is 2.89. The van der Waals surface area contributed by atoms with Crippen molar-refractivity contribution in [3.05, 3.63) is 0 Å². The summed E-state index contributed by atoms with van der Waals surface area (Å²) in [5.41, 5.74) is 0. The van der Waals surface area contributed by atoms with Crippen LogP contribution in [0.25, 0.3) is 0 Å². The molecule has 2 rings (SSSR count). The fourth-order valence-electron chi connectivity index (χ4n) is 1.87. The topological polar surface area (TPSA) is 62.9 Å². The van der Waals surface area contributed by atoms with E-state index in [1.165, 1.54) is 6.42 Å². The van der Waals surface area contributed by atoms with Crippen LogP contribution >= 0.6 is 0 Å². The third-order valence-corrected chi connectivity index (χ3v) is 2.89. The molecule has 0 bridgehead atoms. The second-order valence-electron chi connectivity index (χ2n) is 4.05. The fraction of sp³-hybridized carbons (Fsp3) is 0.818. The minimum absolute atomic E-state index is 0.153. The van der Waals surface area contributed by atoms with Crippen LogP contribution in [0.15, 0.2) is 0 Å². The van der Waals surface area contributed by atoms with E-state index in [0.717, 1.165) is 32.4 Å². The molecular formula is C11H18N4. The van der Waals surface area contributed by atoms with Crippen molar-refractivity contribution in [1.82, 2.24) is 10.2 Å². The van der Waals surface area contributed by atoms with Crippen molar-refractivity contribution >= 4 is 0 Å². The number of hydrogen-bond acceptors (Lipinski definition) is 4. The van der Waals surface area contributed by atoms with Gasteiger partial charge in [0.1, 0.15) is 0 Å². The maximum Gasteiger partial charge on any atom is 0.0975 e. The molecule has 4 nitrogen and oxygen atoms in total. The largest absolute Gasteiger partial charge is 0.302 e. The Balaban J connectivity index is 0.000000151. The molecule has 0 aliphatic carbocycles. The predicted octanol–water partition coefficient (Wildman–Crippen LogP) is 0.866. The van der Waals surface area contributed by atoms with Crippen LogP contribution in [0.2, 0.25) is 0 Å². The Morgan fingerprint density at radius 2 is 2.00 bits per heavy atom. The van der Waals surface area contributed by atoms with Crippen molar-refractivity contribution in [2.45, 2.75) is 37.8 Å². The van der Waals surface area contributed by atoms with Gasteiger partial charge in [0.2, 0.25) is 0 Å².